The summed E-state index contributed by atoms with van der Waals surface area (Å²) < 4.78 is 86.7. The minimum atomic E-state index is -5.63. The highest BCUT2D eigenvalue weighted by atomic mass is 79.9. The molecule has 1 aliphatic rings. The van der Waals surface area contributed by atoms with E-state index in [1.54, 1.807) is 0 Å². The zero-order valence-corrected chi connectivity index (χ0v) is 17.9. The second kappa shape index (κ2) is 10.4. The Morgan fingerprint density at radius 1 is 1.28 bits per heavy atom. The van der Waals surface area contributed by atoms with Gasteiger partial charge < -0.3 is 9.47 Å². The van der Waals surface area contributed by atoms with Crippen molar-refractivity contribution in [3.63, 3.8) is 0 Å². The number of methoxy groups -OCH3 is 1. The second-order valence-electron chi connectivity index (χ2n) is 5.47. The third-order valence-electron chi connectivity index (χ3n) is 3.16. The van der Waals surface area contributed by atoms with Gasteiger partial charge in [0.1, 0.15) is 5.75 Å². The number of benzene rings is 1. The lowest BCUT2D eigenvalue weighted by Gasteiger charge is -2.22. The van der Waals surface area contributed by atoms with Gasteiger partial charge in [-0.05, 0) is 51.5 Å². The number of halogens is 7. The van der Waals surface area contributed by atoms with E-state index in [0.29, 0.717) is 0 Å². The number of thioether (sulfide) groups is 1. The number of carbonyl (C=O) groups excluding carboxylic acids is 2. The molecule has 0 spiro atoms. The molecule has 1 heterocycles. The second-order valence-corrected chi connectivity index (χ2v) is 7.36. The molecule has 2 rings (SSSR count). The average Bonchev–Trinajstić information content (AvgIpc) is 3.01. The zero-order chi connectivity index (χ0) is 24.1. The molecule has 1 aromatic rings. The first kappa shape index (κ1) is 25.7. The Bertz CT molecular complexity index is 985. The Kier molecular flexibility index (Phi) is 8.30. The van der Waals surface area contributed by atoms with Crippen LogP contribution in [0.1, 0.15) is 5.56 Å². The van der Waals surface area contributed by atoms with E-state index in [2.05, 4.69) is 45.7 Å². The Hall–Kier alpha value is -2.59. The first-order valence-electron chi connectivity index (χ1n) is 7.95. The minimum absolute atomic E-state index is 0.0247. The van der Waals surface area contributed by atoms with Gasteiger partial charge >= 0.3 is 24.8 Å². The molecule has 16 heteroatoms. The number of esters is 1. The van der Waals surface area contributed by atoms with Crippen LogP contribution in [0.4, 0.5) is 26.3 Å². The number of carbonyl (C=O) groups is 2. The van der Waals surface area contributed by atoms with Crippen molar-refractivity contribution < 1.29 is 50.1 Å². The number of hydrogen-bond donors (Lipinski definition) is 1. The summed E-state index contributed by atoms with van der Waals surface area (Å²) in [6.07, 6.45) is -12.6. The van der Waals surface area contributed by atoms with Crippen LogP contribution >= 0.6 is 27.7 Å². The Morgan fingerprint density at radius 2 is 1.97 bits per heavy atom. The number of amidine groups is 1. The number of ether oxygens (including phenoxy) is 3. The normalized spacial score (nSPS) is 18.3. The van der Waals surface area contributed by atoms with Crippen molar-refractivity contribution >= 4 is 51.0 Å². The van der Waals surface area contributed by atoms with Crippen LogP contribution in [-0.2, 0) is 19.1 Å². The molecule has 0 aromatic heterocycles. The summed E-state index contributed by atoms with van der Waals surface area (Å²) >= 11 is 3.67. The van der Waals surface area contributed by atoms with Gasteiger partial charge in [0.25, 0.3) is 5.91 Å². The third-order valence-corrected chi connectivity index (χ3v) is 4.68. The Balaban J connectivity index is 2.05. The number of rotatable bonds is 7. The van der Waals surface area contributed by atoms with E-state index in [9.17, 15) is 35.9 Å². The van der Waals surface area contributed by atoms with E-state index in [1.807, 2.05) is 0 Å². The Morgan fingerprint density at radius 3 is 2.56 bits per heavy atom. The van der Waals surface area contributed by atoms with Crippen molar-refractivity contribution in [2.75, 3.05) is 7.11 Å². The van der Waals surface area contributed by atoms with Crippen LogP contribution < -0.4 is 10.1 Å². The standard InChI is InChI=1S/C16H10BrF6N3O5S/c1-29-11(27)5-10-12(28)25-14(32-10)26-24-6-7-2-3-9(8(17)4-7)30-15(19,20)13(18)31-16(21,22)23/h2-6,13H,1H3,(H,25,26,28)/b10-5+,24-6?. The van der Waals surface area contributed by atoms with Crippen LogP contribution in [0.25, 0.3) is 0 Å². The highest BCUT2D eigenvalue weighted by Gasteiger charge is 2.50. The van der Waals surface area contributed by atoms with Crippen LogP contribution in [-0.4, -0.2) is 49.2 Å². The summed E-state index contributed by atoms with van der Waals surface area (Å²) in [5, 5.41) is 9.76. The largest absolute Gasteiger partial charge is 0.525 e. The van der Waals surface area contributed by atoms with Crippen molar-refractivity contribution in [3.8, 4) is 5.75 Å². The molecule has 1 aromatic carbocycles. The van der Waals surface area contributed by atoms with Crippen molar-refractivity contribution in [3.05, 3.63) is 39.2 Å². The third kappa shape index (κ3) is 7.52. The fraction of sp³-hybridized carbons (Fsp3) is 0.250. The number of alkyl halides is 6. The Labute approximate surface area is 187 Å². The summed E-state index contributed by atoms with van der Waals surface area (Å²) in [7, 11) is 1.14. The maximum Gasteiger partial charge on any atom is 0.525 e. The van der Waals surface area contributed by atoms with Gasteiger partial charge in [-0.2, -0.15) is 13.9 Å². The molecule has 1 fully saturated rings. The number of nitrogens with zero attached hydrogens (tertiary/aromatic N) is 2. The fourth-order valence-electron chi connectivity index (χ4n) is 1.85. The number of amides is 1. The zero-order valence-electron chi connectivity index (χ0n) is 15.5. The summed E-state index contributed by atoms with van der Waals surface area (Å²) in [5.74, 6) is -2.02. The first-order chi connectivity index (χ1) is 14.8. The summed E-state index contributed by atoms with van der Waals surface area (Å²) in [4.78, 5) is 22.9. The maximum atomic E-state index is 13.5. The van der Waals surface area contributed by atoms with Crippen LogP contribution in [0.3, 0.4) is 0 Å². The van der Waals surface area contributed by atoms with E-state index in [0.717, 1.165) is 37.2 Å². The molecule has 0 radical (unpaired) electrons. The topological polar surface area (TPSA) is 98.6 Å². The summed E-state index contributed by atoms with van der Waals surface area (Å²) in [6.45, 7) is 0. The van der Waals surface area contributed by atoms with E-state index in [-0.39, 0.29) is 20.1 Å². The molecular weight excluding hydrogens is 540 g/mol. The van der Waals surface area contributed by atoms with Crippen molar-refractivity contribution in [1.82, 2.24) is 5.32 Å². The quantitative estimate of drug-likeness (QED) is 0.182. The molecule has 32 heavy (non-hydrogen) atoms. The van der Waals surface area contributed by atoms with Crippen molar-refractivity contribution in [2.45, 2.75) is 18.8 Å². The molecule has 1 N–H and O–H groups in total. The minimum Gasteiger partial charge on any atom is -0.466 e. The molecule has 0 bridgehead atoms. The molecule has 8 nitrogen and oxygen atoms in total. The first-order valence-corrected chi connectivity index (χ1v) is 9.56. The van der Waals surface area contributed by atoms with Gasteiger partial charge in [-0.25, -0.2) is 13.9 Å². The van der Waals surface area contributed by atoms with Crippen LogP contribution in [0.5, 0.6) is 5.75 Å². The van der Waals surface area contributed by atoms with E-state index >= 15 is 0 Å². The van der Waals surface area contributed by atoms with Crippen molar-refractivity contribution in [2.24, 2.45) is 10.2 Å². The van der Waals surface area contributed by atoms with E-state index in [1.165, 1.54) is 12.1 Å². The molecule has 1 aliphatic heterocycles. The average molecular weight is 550 g/mol. The lowest BCUT2D eigenvalue weighted by molar-refractivity contribution is -0.411. The predicted molar refractivity (Wildman–Crippen MR) is 103 cm³/mol. The molecule has 174 valence electrons. The maximum absolute atomic E-state index is 13.5. The SMILES string of the molecule is COC(=O)/C=C1/S/C(=N\N=Cc2ccc(OC(F)(F)C(F)OC(F)(F)F)c(Br)c2)NC1=O. The molecule has 0 saturated carbocycles. The van der Waals surface area contributed by atoms with Gasteiger partial charge in [0.05, 0.1) is 22.7 Å². The van der Waals surface area contributed by atoms with Gasteiger partial charge in [0, 0.05) is 6.08 Å². The van der Waals surface area contributed by atoms with E-state index < -0.39 is 36.5 Å². The van der Waals surface area contributed by atoms with Crippen molar-refractivity contribution in [1.29, 1.82) is 0 Å². The smallest absolute Gasteiger partial charge is 0.466 e. The summed E-state index contributed by atoms with van der Waals surface area (Å²) in [6, 6.07) is 3.26. The molecular formula is C16H10BrF6N3O5S. The van der Waals surface area contributed by atoms with Gasteiger partial charge in [-0.15, -0.1) is 18.3 Å². The molecule has 0 aliphatic carbocycles. The van der Waals surface area contributed by atoms with Gasteiger partial charge in [0.15, 0.2) is 5.17 Å². The molecule has 1 amide bonds. The number of hydrogen-bond acceptors (Lipinski definition) is 8. The predicted octanol–water partition coefficient (Wildman–Crippen LogP) is 3.86. The molecule has 1 atom stereocenters. The fourth-order valence-corrected chi connectivity index (χ4v) is 3.06. The van der Waals surface area contributed by atoms with Gasteiger partial charge in [-0.3, -0.25) is 10.1 Å². The molecule has 1 saturated heterocycles. The van der Waals surface area contributed by atoms with Crippen LogP contribution in [0.15, 0.2) is 43.9 Å². The highest BCUT2D eigenvalue weighted by molar-refractivity contribution is 9.10. The van der Waals surface area contributed by atoms with Crippen LogP contribution in [0, 0.1) is 0 Å². The van der Waals surface area contributed by atoms with Gasteiger partial charge in [-0.1, -0.05) is 0 Å². The lowest BCUT2D eigenvalue weighted by atomic mass is 10.2. The summed E-state index contributed by atoms with van der Waals surface area (Å²) in [5.41, 5.74) is 0.264. The molecule has 1 unspecified atom stereocenters. The lowest BCUT2D eigenvalue weighted by Crippen LogP contribution is -2.41. The van der Waals surface area contributed by atoms with Gasteiger partial charge in [0.2, 0.25) is 0 Å². The monoisotopic (exact) mass is 549 g/mol. The number of nitrogens with one attached hydrogen (secondary N) is 1. The highest BCUT2D eigenvalue weighted by Crippen LogP contribution is 2.35. The van der Waals surface area contributed by atoms with E-state index in [4.69, 9.17) is 0 Å². The van der Waals surface area contributed by atoms with Crippen LogP contribution in [0.2, 0.25) is 0 Å².